The Balaban J connectivity index is 1.61. The van der Waals surface area contributed by atoms with E-state index in [0.29, 0.717) is 45.4 Å². The Morgan fingerprint density at radius 3 is 2.79 bits per heavy atom. The number of benzene rings is 1. The van der Waals surface area contributed by atoms with Gasteiger partial charge in [0, 0.05) is 18.5 Å². The third-order valence-electron chi connectivity index (χ3n) is 4.06. The van der Waals surface area contributed by atoms with Crippen LogP contribution >= 0.6 is 0 Å². The minimum absolute atomic E-state index is 0.335. The first kappa shape index (κ1) is 17.5. The molecule has 8 heteroatoms. The summed E-state index contributed by atoms with van der Waals surface area (Å²) >= 11 is 0. The molecule has 0 radical (unpaired) electrons. The Kier molecular flexibility index (Phi) is 4.59. The molecule has 140 valence electrons. The number of ether oxygens (including phenoxy) is 2. The largest absolute Gasteiger partial charge is 0.497 e. The SMILES string of the molecule is COc1ccc(C(=O)Nc2cncc(-c3nc4cccnc4o3)c2)c(OC)c1. The van der Waals surface area contributed by atoms with Crippen molar-refractivity contribution < 1.29 is 18.7 Å². The Morgan fingerprint density at radius 1 is 1.11 bits per heavy atom. The number of carbonyl (C=O) groups excluding carboxylic acids is 1. The zero-order valence-corrected chi connectivity index (χ0v) is 15.2. The Morgan fingerprint density at radius 2 is 2.00 bits per heavy atom. The summed E-state index contributed by atoms with van der Waals surface area (Å²) in [4.78, 5) is 25.4. The molecule has 28 heavy (non-hydrogen) atoms. The summed E-state index contributed by atoms with van der Waals surface area (Å²) < 4.78 is 16.1. The molecule has 0 aliphatic carbocycles. The maximum Gasteiger partial charge on any atom is 0.259 e. The minimum Gasteiger partial charge on any atom is -0.497 e. The second-order valence-electron chi connectivity index (χ2n) is 5.83. The summed E-state index contributed by atoms with van der Waals surface area (Å²) in [6.45, 7) is 0. The van der Waals surface area contributed by atoms with E-state index in [0.717, 1.165) is 0 Å². The quantitative estimate of drug-likeness (QED) is 0.568. The van der Waals surface area contributed by atoms with Crippen molar-refractivity contribution in [2.75, 3.05) is 19.5 Å². The lowest BCUT2D eigenvalue weighted by molar-refractivity contribution is 0.102. The van der Waals surface area contributed by atoms with Crippen molar-refractivity contribution >= 4 is 22.8 Å². The molecule has 8 nitrogen and oxygen atoms in total. The molecule has 0 saturated carbocycles. The van der Waals surface area contributed by atoms with Crippen LogP contribution in [0.5, 0.6) is 11.5 Å². The van der Waals surface area contributed by atoms with Crippen LogP contribution in [0.4, 0.5) is 5.69 Å². The van der Waals surface area contributed by atoms with Gasteiger partial charge in [-0.05, 0) is 30.3 Å². The minimum atomic E-state index is -0.335. The van der Waals surface area contributed by atoms with Crippen molar-refractivity contribution in [2.45, 2.75) is 0 Å². The molecule has 0 aliphatic rings. The van der Waals surface area contributed by atoms with Gasteiger partial charge < -0.3 is 19.2 Å². The van der Waals surface area contributed by atoms with E-state index >= 15 is 0 Å². The maximum absolute atomic E-state index is 12.7. The van der Waals surface area contributed by atoms with Crippen LogP contribution in [-0.2, 0) is 0 Å². The number of fused-ring (bicyclic) bond motifs is 1. The Labute approximate surface area is 160 Å². The van der Waals surface area contributed by atoms with Gasteiger partial charge in [0.15, 0.2) is 0 Å². The number of hydrogen-bond donors (Lipinski definition) is 1. The summed E-state index contributed by atoms with van der Waals surface area (Å²) in [6, 6.07) is 10.3. The third-order valence-corrected chi connectivity index (χ3v) is 4.06. The van der Waals surface area contributed by atoms with E-state index < -0.39 is 0 Å². The highest BCUT2D eigenvalue weighted by Crippen LogP contribution is 2.27. The first-order valence-electron chi connectivity index (χ1n) is 8.38. The van der Waals surface area contributed by atoms with E-state index in [9.17, 15) is 4.79 Å². The number of pyridine rings is 2. The molecular weight excluding hydrogens is 360 g/mol. The Hall–Kier alpha value is -3.94. The number of rotatable bonds is 5. The number of aromatic nitrogens is 3. The van der Waals surface area contributed by atoms with E-state index in [1.165, 1.54) is 13.3 Å². The van der Waals surface area contributed by atoms with Crippen molar-refractivity contribution in [3.05, 3.63) is 60.6 Å². The fraction of sp³-hybridized carbons (Fsp3) is 0.100. The summed E-state index contributed by atoms with van der Waals surface area (Å²) in [5.74, 6) is 1.05. The van der Waals surface area contributed by atoms with Crippen LogP contribution in [0.15, 0.2) is 59.4 Å². The lowest BCUT2D eigenvalue weighted by Crippen LogP contribution is -2.13. The van der Waals surface area contributed by atoms with E-state index in [4.69, 9.17) is 13.9 Å². The number of methoxy groups -OCH3 is 2. The molecule has 1 aromatic carbocycles. The van der Waals surface area contributed by atoms with Crippen molar-refractivity contribution in [3.8, 4) is 23.0 Å². The monoisotopic (exact) mass is 376 g/mol. The van der Waals surface area contributed by atoms with Gasteiger partial charge in [-0.1, -0.05) is 0 Å². The fourth-order valence-corrected chi connectivity index (χ4v) is 2.70. The van der Waals surface area contributed by atoms with Crippen molar-refractivity contribution in [1.82, 2.24) is 15.0 Å². The van der Waals surface area contributed by atoms with Gasteiger partial charge in [-0.25, -0.2) is 9.97 Å². The van der Waals surface area contributed by atoms with Crippen LogP contribution in [0.2, 0.25) is 0 Å². The zero-order valence-electron chi connectivity index (χ0n) is 15.2. The molecule has 0 fully saturated rings. The van der Waals surface area contributed by atoms with Crippen molar-refractivity contribution in [2.24, 2.45) is 0 Å². The average Bonchev–Trinajstić information content (AvgIpc) is 3.17. The standard InChI is InChI=1S/C20H16N4O4/c1-26-14-5-6-15(17(9-14)27-2)18(25)23-13-8-12(10-21-11-13)19-24-16-4-3-7-22-20(16)28-19/h3-11H,1-2H3,(H,23,25). The molecule has 1 amide bonds. The zero-order chi connectivity index (χ0) is 19.5. The highest BCUT2D eigenvalue weighted by atomic mass is 16.5. The van der Waals surface area contributed by atoms with E-state index in [-0.39, 0.29) is 5.91 Å². The molecule has 3 aromatic heterocycles. The number of hydrogen-bond acceptors (Lipinski definition) is 7. The topological polar surface area (TPSA) is 99.4 Å². The number of nitrogens with zero attached hydrogens (tertiary/aromatic N) is 3. The van der Waals surface area contributed by atoms with Crippen LogP contribution in [0, 0.1) is 0 Å². The fourth-order valence-electron chi connectivity index (χ4n) is 2.70. The van der Waals surface area contributed by atoms with Gasteiger partial charge in [-0.3, -0.25) is 9.78 Å². The van der Waals surface area contributed by atoms with Gasteiger partial charge >= 0.3 is 0 Å². The van der Waals surface area contributed by atoms with Gasteiger partial charge in [-0.15, -0.1) is 0 Å². The van der Waals surface area contributed by atoms with Crippen molar-refractivity contribution in [3.63, 3.8) is 0 Å². The number of nitrogens with one attached hydrogen (secondary N) is 1. The third kappa shape index (κ3) is 3.35. The van der Waals surface area contributed by atoms with Gasteiger partial charge in [-0.2, -0.15) is 0 Å². The molecule has 0 unspecified atom stereocenters. The Bertz CT molecular complexity index is 1120. The summed E-state index contributed by atoms with van der Waals surface area (Å²) in [5.41, 5.74) is 2.58. The van der Waals surface area contributed by atoms with E-state index in [2.05, 4.69) is 20.3 Å². The van der Waals surface area contributed by atoms with Gasteiger partial charge in [0.2, 0.25) is 11.6 Å². The predicted molar refractivity (Wildman–Crippen MR) is 103 cm³/mol. The molecule has 3 heterocycles. The second kappa shape index (κ2) is 7.36. The smallest absolute Gasteiger partial charge is 0.259 e. The maximum atomic E-state index is 12.7. The van der Waals surface area contributed by atoms with Gasteiger partial charge in [0.05, 0.1) is 37.2 Å². The number of anilines is 1. The second-order valence-corrected chi connectivity index (χ2v) is 5.83. The van der Waals surface area contributed by atoms with Crippen LogP contribution in [0.3, 0.4) is 0 Å². The predicted octanol–water partition coefficient (Wildman–Crippen LogP) is 3.55. The lowest BCUT2D eigenvalue weighted by atomic mass is 10.1. The van der Waals surface area contributed by atoms with E-state index in [1.54, 1.807) is 49.8 Å². The van der Waals surface area contributed by atoms with Gasteiger partial charge in [0.25, 0.3) is 5.91 Å². The molecule has 4 aromatic rings. The molecule has 4 rings (SSSR count). The molecule has 0 bridgehead atoms. The summed E-state index contributed by atoms with van der Waals surface area (Å²) in [5, 5.41) is 2.81. The number of carbonyl (C=O) groups is 1. The number of oxazole rings is 1. The average molecular weight is 376 g/mol. The normalized spacial score (nSPS) is 10.6. The molecule has 0 saturated heterocycles. The molecule has 0 aliphatic heterocycles. The highest BCUT2D eigenvalue weighted by Gasteiger charge is 2.15. The number of amides is 1. The van der Waals surface area contributed by atoms with E-state index in [1.807, 2.05) is 6.07 Å². The molecular formula is C20H16N4O4. The summed E-state index contributed by atoms with van der Waals surface area (Å²) in [6.07, 6.45) is 4.78. The van der Waals surface area contributed by atoms with Crippen LogP contribution in [-0.4, -0.2) is 35.1 Å². The highest BCUT2D eigenvalue weighted by molar-refractivity contribution is 6.06. The lowest BCUT2D eigenvalue weighted by Gasteiger charge is -2.11. The first-order chi connectivity index (χ1) is 13.7. The van der Waals surface area contributed by atoms with Crippen LogP contribution in [0.1, 0.15) is 10.4 Å². The molecule has 1 N–H and O–H groups in total. The van der Waals surface area contributed by atoms with Crippen molar-refractivity contribution in [1.29, 1.82) is 0 Å². The molecule has 0 spiro atoms. The van der Waals surface area contributed by atoms with Crippen LogP contribution in [0.25, 0.3) is 22.7 Å². The molecule has 0 atom stereocenters. The first-order valence-corrected chi connectivity index (χ1v) is 8.38. The van der Waals surface area contributed by atoms with Crippen LogP contribution < -0.4 is 14.8 Å². The summed E-state index contributed by atoms with van der Waals surface area (Å²) in [7, 11) is 3.04. The van der Waals surface area contributed by atoms with Gasteiger partial charge in [0.1, 0.15) is 17.0 Å².